The van der Waals surface area contributed by atoms with E-state index < -0.39 is 11.4 Å². The molecule has 8 heteroatoms. The minimum atomic E-state index is -0.600. The van der Waals surface area contributed by atoms with Gasteiger partial charge in [0.15, 0.2) is 11.6 Å². The molecule has 3 aromatic rings. The smallest absolute Gasteiger partial charge is 0.238 e. The van der Waals surface area contributed by atoms with E-state index in [1.165, 1.54) is 12.1 Å². The highest BCUT2D eigenvalue weighted by atomic mass is 19.1. The number of aromatic amines is 1. The van der Waals surface area contributed by atoms with Gasteiger partial charge in [-0.3, -0.25) is 4.79 Å². The molecule has 0 bridgehead atoms. The number of anilines is 1. The van der Waals surface area contributed by atoms with Gasteiger partial charge in [-0.15, -0.1) is 0 Å². The number of rotatable bonds is 7. The zero-order valence-electron chi connectivity index (χ0n) is 15.0. The summed E-state index contributed by atoms with van der Waals surface area (Å²) < 4.78 is 20.1. The van der Waals surface area contributed by atoms with Gasteiger partial charge in [-0.25, -0.2) is 9.37 Å². The summed E-state index contributed by atoms with van der Waals surface area (Å²) in [5.74, 6) is -0.418. The molecule has 0 saturated heterocycles. The van der Waals surface area contributed by atoms with E-state index in [-0.39, 0.29) is 24.8 Å². The molecule has 142 valence electrons. The number of carbonyl (C=O) groups excluding carboxylic acids is 1. The van der Waals surface area contributed by atoms with Crippen molar-refractivity contribution in [3.05, 3.63) is 48.5 Å². The molecular weight excluding hydrogens is 351 g/mol. The van der Waals surface area contributed by atoms with Crippen molar-refractivity contribution >= 4 is 22.6 Å². The van der Waals surface area contributed by atoms with Gasteiger partial charge in [0.2, 0.25) is 5.91 Å². The molecule has 0 atom stereocenters. The number of fused-ring (bicyclic) bond motifs is 1. The number of H-pyrrole nitrogens is 1. The van der Waals surface area contributed by atoms with Gasteiger partial charge in [0, 0.05) is 29.7 Å². The van der Waals surface area contributed by atoms with E-state index in [2.05, 4.69) is 20.6 Å². The third kappa shape index (κ3) is 4.60. The second kappa shape index (κ2) is 7.73. The Bertz CT molecular complexity index is 955. The van der Waals surface area contributed by atoms with E-state index in [1.807, 2.05) is 0 Å². The fourth-order valence-corrected chi connectivity index (χ4v) is 2.39. The van der Waals surface area contributed by atoms with Gasteiger partial charge < -0.3 is 25.5 Å². The van der Waals surface area contributed by atoms with Gasteiger partial charge in [0.25, 0.3) is 0 Å². The first-order chi connectivity index (χ1) is 12.9. The highest BCUT2D eigenvalue weighted by Gasteiger charge is 2.17. The minimum absolute atomic E-state index is 0.00405. The molecule has 7 nitrogen and oxygen atoms in total. The Balaban J connectivity index is 1.67. The number of amides is 1. The van der Waals surface area contributed by atoms with Crippen LogP contribution in [0.3, 0.4) is 0 Å². The van der Waals surface area contributed by atoms with Crippen molar-refractivity contribution in [2.75, 3.05) is 18.5 Å². The van der Waals surface area contributed by atoms with Crippen LogP contribution in [0.15, 0.2) is 42.7 Å². The van der Waals surface area contributed by atoms with Crippen molar-refractivity contribution < 1.29 is 19.0 Å². The number of aliphatic hydroxyl groups is 1. The number of aromatic nitrogens is 2. The maximum Gasteiger partial charge on any atom is 0.238 e. The van der Waals surface area contributed by atoms with Crippen LogP contribution in [-0.4, -0.2) is 39.7 Å². The molecule has 0 aliphatic heterocycles. The molecule has 0 aliphatic carbocycles. The lowest BCUT2D eigenvalue weighted by molar-refractivity contribution is -0.115. The predicted molar refractivity (Wildman–Crippen MR) is 100 cm³/mol. The summed E-state index contributed by atoms with van der Waals surface area (Å²) >= 11 is 0. The molecule has 2 heterocycles. The first-order valence-electron chi connectivity index (χ1n) is 8.43. The van der Waals surface area contributed by atoms with E-state index >= 15 is 0 Å². The van der Waals surface area contributed by atoms with Crippen LogP contribution in [0.25, 0.3) is 11.0 Å². The van der Waals surface area contributed by atoms with Gasteiger partial charge in [-0.1, -0.05) is 0 Å². The maximum absolute atomic E-state index is 14.4. The SMILES string of the molecule is CC(C)(CO)NCC(=O)Nc1ccc(Oc2ccnc3[nH]ccc23)c(F)c1. The van der Waals surface area contributed by atoms with Crippen molar-refractivity contribution in [2.45, 2.75) is 19.4 Å². The molecule has 1 aromatic carbocycles. The lowest BCUT2D eigenvalue weighted by atomic mass is 10.1. The Morgan fingerprint density at radius 2 is 2.11 bits per heavy atom. The summed E-state index contributed by atoms with van der Waals surface area (Å²) in [7, 11) is 0. The largest absolute Gasteiger partial charge is 0.453 e. The van der Waals surface area contributed by atoms with E-state index in [4.69, 9.17) is 4.74 Å². The quantitative estimate of drug-likeness (QED) is 0.511. The lowest BCUT2D eigenvalue weighted by Crippen LogP contribution is -2.46. The van der Waals surface area contributed by atoms with Crippen molar-refractivity contribution in [1.29, 1.82) is 0 Å². The molecule has 0 unspecified atom stereocenters. The molecule has 4 N–H and O–H groups in total. The van der Waals surface area contributed by atoms with Gasteiger partial charge in [-0.05, 0) is 38.1 Å². The first-order valence-corrected chi connectivity index (χ1v) is 8.43. The number of halogens is 1. The van der Waals surface area contributed by atoms with Crippen molar-refractivity contribution in [3.8, 4) is 11.5 Å². The van der Waals surface area contributed by atoms with Gasteiger partial charge >= 0.3 is 0 Å². The van der Waals surface area contributed by atoms with Crippen LogP contribution in [0.1, 0.15) is 13.8 Å². The Hall–Kier alpha value is -2.97. The predicted octanol–water partition coefficient (Wildman–Crippen LogP) is 2.79. The van der Waals surface area contributed by atoms with Crippen molar-refractivity contribution in [1.82, 2.24) is 15.3 Å². The van der Waals surface area contributed by atoms with E-state index in [9.17, 15) is 14.3 Å². The highest BCUT2D eigenvalue weighted by Crippen LogP contribution is 2.30. The summed E-state index contributed by atoms with van der Waals surface area (Å²) in [5.41, 5.74) is 0.388. The Morgan fingerprint density at radius 1 is 1.30 bits per heavy atom. The van der Waals surface area contributed by atoms with Crippen LogP contribution in [-0.2, 0) is 4.79 Å². The summed E-state index contributed by atoms with van der Waals surface area (Å²) in [6.45, 7) is 3.43. The third-order valence-electron chi connectivity index (χ3n) is 3.98. The molecule has 2 aromatic heterocycles. The Labute approximate surface area is 155 Å². The second-order valence-corrected chi connectivity index (χ2v) is 6.74. The van der Waals surface area contributed by atoms with Gasteiger partial charge in [0.05, 0.1) is 18.5 Å². The maximum atomic E-state index is 14.4. The van der Waals surface area contributed by atoms with Gasteiger partial charge in [-0.2, -0.15) is 0 Å². The van der Waals surface area contributed by atoms with Crippen LogP contribution in [0.2, 0.25) is 0 Å². The molecule has 27 heavy (non-hydrogen) atoms. The molecule has 0 spiro atoms. The normalized spacial score (nSPS) is 11.6. The summed E-state index contributed by atoms with van der Waals surface area (Å²) in [6, 6.07) is 7.66. The fourth-order valence-electron chi connectivity index (χ4n) is 2.39. The summed E-state index contributed by atoms with van der Waals surface area (Å²) in [4.78, 5) is 19.1. The van der Waals surface area contributed by atoms with Crippen LogP contribution in [0, 0.1) is 5.82 Å². The number of pyridine rings is 1. The summed E-state index contributed by atoms with van der Waals surface area (Å²) in [5, 5.41) is 15.4. The Morgan fingerprint density at radius 3 is 2.85 bits per heavy atom. The van der Waals surface area contributed by atoms with E-state index in [1.54, 1.807) is 44.4 Å². The topological polar surface area (TPSA) is 99.3 Å². The third-order valence-corrected chi connectivity index (χ3v) is 3.98. The minimum Gasteiger partial charge on any atom is -0.453 e. The van der Waals surface area contributed by atoms with Gasteiger partial charge in [0.1, 0.15) is 11.4 Å². The Kier molecular flexibility index (Phi) is 5.38. The van der Waals surface area contributed by atoms with E-state index in [0.717, 1.165) is 5.39 Å². The molecule has 0 aliphatic rings. The van der Waals surface area contributed by atoms with Crippen molar-refractivity contribution in [2.24, 2.45) is 0 Å². The molecule has 1 amide bonds. The number of benzene rings is 1. The van der Waals surface area contributed by atoms with Crippen LogP contribution in [0.4, 0.5) is 10.1 Å². The number of nitrogens with one attached hydrogen (secondary N) is 3. The zero-order chi connectivity index (χ0) is 19.4. The van der Waals surface area contributed by atoms with E-state index in [0.29, 0.717) is 17.1 Å². The molecule has 0 fully saturated rings. The van der Waals surface area contributed by atoms with Crippen LogP contribution >= 0.6 is 0 Å². The van der Waals surface area contributed by atoms with Crippen LogP contribution in [0.5, 0.6) is 11.5 Å². The first kappa shape index (κ1) is 18.8. The highest BCUT2D eigenvalue weighted by molar-refractivity contribution is 5.92. The number of nitrogens with zero attached hydrogens (tertiary/aromatic N) is 1. The van der Waals surface area contributed by atoms with Crippen LogP contribution < -0.4 is 15.4 Å². The number of aliphatic hydroxyl groups excluding tert-OH is 1. The molecule has 3 rings (SSSR count). The number of carbonyl (C=O) groups is 1. The lowest BCUT2D eigenvalue weighted by Gasteiger charge is -2.23. The number of ether oxygens (including phenoxy) is 1. The molecule has 0 saturated carbocycles. The average molecular weight is 372 g/mol. The molecular formula is C19H21FN4O3. The fraction of sp³-hybridized carbons (Fsp3) is 0.263. The monoisotopic (exact) mass is 372 g/mol. The summed E-state index contributed by atoms with van der Waals surface area (Å²) in [6.07, 6.45) is 3.30. The second-order valence-electron chi connectivity index (χ2n) is 6.74. The number of hydrogen-bond donors (Lipinski definition) is 4. The molecule has 0 radical (unpaired) electrons. The zero-order valence-corrected chi connectivity index (χ0v) is 15.0. The number of hydrogen-bond acceptors (Lipinski definition) is 5. The average Bonchev–Trinajstić information content (AvgIpc) is 3.12. The standard InChI is InChI=1S/C19H21FN4O3/c1-19(2,11-25)23-10-17(26)24-12-3-4-16(14(20)9-12)27-15-6-8-22-18-13(15)5-7-21-18/h3-9,23,25H,10-11H2,1-2H3,(H,21,22)(H,24,26). The van der Waals surface area contributed by atoms with Crippen molar-refractivity contribution in [3.63, 3.8) is 0 Å².